The van der Waals surface area contributed by atoms with Gasteiger partial charge in [-0.3, -0.25) is 9.48 Å². The van der Waals surface area contributed by atoms with Crippen molar-refractivity contribution < 1.29 is 4.79 Å². The summed E-state index contributed by atoms with van der Waals surface area (Å²) in [7, 11) is 1.93. The molecule has 0 fully saturated rings. The Hall–Kier alpha value is -0.780. The molecule has 3 N–H and O–H groups in total. The van der Waals surface area contributed by atoms with Crippen LogP contribution in [0.15, 0.2) is 0 Å². The number of amides is 1. The highest BCUT2D eigenvalue weighted by molar-refractivity contribution is 5.85. The average Bonchev–Trinajstić information content (AvgIpc) is 2.68. The lowest BCUT2D eigenvalue weighted by Crippen LogP contribution is -2.52. The Morgan fingerprint density at radius 1 is 1.27 bits per heavy atom. The highest BCUT2D eigenvalue weighted by Gasteiger charge is 2.26. The van der Waals surface area contributed by atoms with Gasteiger partial charge < -0.3 is 11.1 Å². The summed E-state index contributed by atoms with van der Waals surface area (Å²) in [5, 5.41) is 7.48. The third-order valence-electron chi connectivity index (χ3n) is 4.41. The molecule has 0 atom stereocenters. The molecule has 0 unspecified atom stereocenters. The minimum absolute atomic E-state index is 0. The molecule has 22 heavy (non-hydrogen) atoms. The molecule has 0 bridgehead atoms. The monoisotopic (exact) mass is 352 g/mol. The predicted octanol–water partition coefficient (Wildman–Crippen LogP) is 2.45. The van der Waals surface area contributed by atoms with Crippen LogP contribution in [0.5, 0.6) is 0 Å². The van der Waals surface area contributed by atoms with Crippen molar-refractivity contribution in [3.63, 3.8) is 0 Å². The number of hydrogen-bond donors (Lipinski definition) is 2. The van der Waals surface area contributed by atoms with Gasteiger partial charge in [-0.1, -0.05) is 13.8 Å². The van der Waals surface area contributed by atoms with Crippen LogP contribution < -0.4 is 11.1 Å². The average molecular weight is 353 g/mol. The lowest BCUT2D eigenvalue weighted by atomic mass is 9.92. The van der Waals surface area contributed by atoms with Gasteiger partial charge in [-0.15, -0.1) is 24.8 Å². The number of nitrogens with two attached hydrogens (primary N) is 1. The van der Waals surface area contributed by atoms with Crippen LogP contribution in [0.2, 0.25) is 0 Å². The first-order valence-corrected chi connectivity index (χ1v) is 7.39. The second-order valence-corrected chi connectivity index (χ2v) is 5.51. The summed E-state index contributed by atoms with van der Waals surface area (Å²) >= 11 is 0. The van der Waals surface area contributed by atoms with Crippen molar-refractivity contribution in [1.82, 2.24) is 15.1 Å². The van der Waals surface area contributed by atoms with Gasteiger partial charge in [-0.25, -0.2) is 0 Å². The van der Waals surface area contributed by atoms with Crippen LogP contribution in [0.4, 0.5) is 0 Å². The number of nitrogens with zero attached hydrogens (tertiary/aromatic N) is 2. The van der Waals surface area contributed by atoms with Crippen LogP contribution >= 0.6 is 24.8 Å². The third kappa shape index (κ3) is 5.45. The number of nitrogens with one attached hydrogen (secondary N) is 1. The van der Waals surface area contributed by atoms with Crippen LogP contribution in [-0.4, -0.2) is 27.8 Å². The smallest absolute Gasteiger partial charge is 0.220 e. The first-order chi connectivity index (χ1) is 9.39. The number of aromatic nitrogens is 2. The van der Waals surface area contributed by atoms with E-state index in [2.05, 4.69) is 24.3 Å². The van der Waals surface area contributed by atoms with Gasteiger partial charge in [0, 0.05) is 25.7 Å². The number of aryl methyl sites for hydroxylation is 2. The Morgan fingerprint density at radius 3 is 2.18 bits per heavy atom. The number of halogens is 2. The maximum Gasteiger partial charge on any atom is 0.220 e. The second kappa shape index (κ2) is 10.1. The van der Waals surface area contributed by atoms with E-state index in [1.807, 2.05) is 25.6 Å². The minimum atomic E-state index is -0.254. The zero-order chi connectivity index (χ0) is 15.3. The number of carbonyl (C=O) groups excluding carboxylic acids is 1. The lowest BCUT2D eigenvalue weighted by molar-refractivity contribution is -0.123. The summed E-state index contributed by atoms with van der Waals surface area (Å²) < 4.78 is 1.87. The lowest BCUT2D eigenvalue weighted by Gasteiger charge is -2.31. The molecular weight excluding hydrogens is 323 g/mol. The van der Waals surface area contributed by atoms with E-state index in [0.29, 0.717) is 13.0 Å². The van der Waals surface area contributed by atoms with E-state index < -0.39 is 0 Å². The fourth-order valence-corrected chi connectivity index (χ4v) is 2.54. The standard InChI is InChI=1S/C15H28N4O.2ClH/c1-6-15(7-2,10-16)17-14(20)9-8-13-11(3)18-19(5)12(13)4;;/h6-10,16H2,1-5H3,(H,17,20);2*1H. The SMILES string of the molecule is CCC(CC)(CN)NC(=O)CCc1c(C)nn(C)c1C.Cl.Cl. The van der Waals surface area contributed by atoms with Crippen LogP contribution in [0.25, 0.3) is 0 Å². The van der Waals surface area contributed by atoms with Gasteiger partial charge >= 0.3 is 0 Å². The van der Waals surface area contributed by atoms with Crippen molar-refractivity contribution in [3.8, 4) is 0 Å². The second-order valence-electron chi connectivity index (χ2n) is 5.51. The molecule has 1 aromatic rings. The molecule has 0 aliphatic carbocycles. The van der Waals surface area contributed by atoms with E-state index in [-0.39, 0.29) is 36.3 Å². The Kier molecular flexibility index (Phi) is 10.8. The van der Waals surface area contributed by atoms with E-state index in [1.54, 1.807) is 0 Å². The number of hydrogen-bond acceptors (Lipinski definition) is 3. The van der Waals surface area contributed by atoms with E-state index >= 15 is 0 Å². The zero-order valence-electron chi connectivity index (χ0n) is 14.2. The molecule has 0 saturated carbocycles. The Labute approximate surface area is 146 Å². The zero-order valence-corrected chi connectivity index (χ0v) is 15.9. The highest BCUT2D eigenvalue weighted by Crippen LogP contribution is 2.16. The van der Waals surface area contributed by atoms with Gasteiger partial charge in [0.25, 0.3) is 0 Å². The fraction of sp³-hybridized carbons (Fsp3) is 0.733. The normalized spacial score (nSPS) is 10.6. The number of rotatable bonds is 7. The maximum atomic E-state index is 12.1. The first kappa shape index (κ1) is 23.5. The highest BCUT2D eigenvalue weighted by atomic mass is 35.5. The molecule has 1 aromatic heterocycles. The van der Waals surface area contributed by atoms with Gasteiger partial charge in [0.15, 0.2) is 0 Å². The Bertz CT molecular complexity index is 462. The van der Waals surface area contributed by atoms with Crippen LogP contribution in [0, 0.1) is 13.8 Å². The molecule has 0 spiro atoms. The van der Waals surface area contributed by atoms with Gasteiger partial charge in [-0.2, -0.15) is 5.10 Å². The van der Waals surface area contributed by atoms with Crippen molar-refractivity contribution >= 4 is 30.7 Å². The first-order valence-electron chi connectivity index (χ1n) is 7.39. The van der Waals surface area contributed by atoms with Crippen molar-refractivity contribution in [1.29, 1.82) is 0 Å². The topological polar surface area (TPSA) is 72.9 Å². The summed E-state index contributed by atoms with van der Waals surface area (Å²) in [5.74, 6) is 0.0711. The summed E-state index contributed by atoms with van der Waals surface area (Å²) in [5.41, 5.74) is 8.87. The van der Waals surface area contributed by atoms with Crippen LogP contribution in [-0.2, 0) is 18.3 Å². The molecule has 0 aromatic carbocycles. The maximum absolute atomic E-state index is 12.1. The van der Waals surface area contributed by atoms with Crippen molar-refractivity contribution in [3.05, 3.63) is 17.0 Å². The van der Waals surface area contributed by atoms with Crippen molar-refractivity contribution in [2.24, 2.45) is 12.8 Å². The van der Waals surface area contributed by atoms with Crippen molar-refractivity contribution in [2.45, 2.75) is 58.9 Å². The van der Waals surface area contributed by atoms with Crippen LogP contribution in [0.3, 0.4) is 0 Å². The quantitative estimate of drug-likeness (QED) is 0.791. The molecule has 0 radical (unpaired) electrons. The Balaban J connectivity index is 0. The molecule has 0 saturated heterocycles. The Morgan fingerprint density at radius 2 is 1.82 bits per heavy atom. The minimum Gasteiger partial charge on any atom is -0.349 e. The molecule has 1 rings (SSSR count). The molecule has 7 heteroatoms. The van der Waals surface area contributed by atoms with E-state index in [9.17, 15) is 4.79 Å². The molecule has 1 amide bonds. The van der Waals surface area contributed by atoms with E-state index in [0.717, 1.165) is 30.7 Å². The number of carbonyl (C=O) groups is 1. The fourth-order valence-electron chi connectivity index (χ4n) is 2.54. The predicted molar refractivity (Wildman–Crippen MR) is 96.0 cm³/mol. The van der Waals surface area contributed by atoms with Gasteiger partial charge in [0.05, 0.1) is 11.2 Å². The summed E-state index contributed by atoms with van der Waals surface area (Å²) in [6.45, 7) is 8.63. The van der Waals surface area contributed by atoms with Gasteiger partial charge in [0.1, 0.15) is 0 Å². The van der Waals surface area contributed by atoms with Crippen LogP contribution in [0.1, 0.15) is 50.1 Å². The molecule has 130 valence electrons. The van der Waals surface area contributed by atoms with Gasteiger partial charge in [-0.05, 0) is 38.7 Å². The summed E-state index contributed by atoms with van der Waals surface area (Å²) in [4.78, 5) is 12.1. The van der Waals surface area contributed by atoms with Crippen molar-refractivity contribution in [2.75, 3.05) is 6.54 Å². The van der Waals surface area contributed by atoms with E-state index in [1.165, 1.54) is 5.56 Å². The van der Waals surface area contributed by atoms with E-state index in [4.69, 9.17) is 5.73 Å². The summed E-state index contributed by atoms with van der Waals surface area (Å²) in [6.07, 6.45) is 2.92. The molecule has 0 aliphatic heterocycles. The molecule has 5 nitrogen and oxygen atoms in total. The molecule has 1 heterocycles. The largest absolute Gasteiger partial charge is 0.349 e. The van der Waals surface area contributed by atoms with Gasteiger partial charge in [0.2, 0.25) is 5.91 Å². The summed E-state index contributed by atoms with van der Waals surface area (Å²) in [6, 6.07) is 0. The third-order valence-corrected chi connectivity index (χ3v) is 4.41. The molecular formula is C15H30Cl2N4O. The molecule has 0 aliphatic rings.